The van der Waals surface area contributed by atoms with Gasteiger partial charge in [0, 0.05) is 24.3 Å². The van der Waals surface area contributed by atoms with Gasteiger partial charge >= 0.3 is 0 Å². The third-order valence-electron chi connectivity index (χ3n) is 3.50. The SMILES string of the molecule is COc1ccc(F)cc1C(C)NC1CCOC1C. The van der Waals surface area contributed by atoms with Gasteiger partial charge in [-0.3, -0.25) is 0 Å². The minimum Gasteiger partial charge on any atom is -0.496 e. The Morgan fingerprint density at radius 2 is 2.28 bits per heavy atom. The molecule has 0 aromatic heterocycles. The molecular weight excluding hydrogens is 233 g/mol. The Hall–Kier alpha value is -1.13. The smallest absolute Gasteiger partial charge is 0.123 e. The third kappa shape index (κ3) is 2.82. The molecule has 0 amide bonds. The zero-order chi connectivity index (χ0) is 13.1. The van der Waals surface area contributed by atoms with Crippen LogP contribution in [0.4, 0.5) is 4.39 Å². The minimum absolute atomic E-state index is 0.0322. The molecule has 0 spiro atoms. The number of benzene rings is 1. The van der Waals surface area contributed by atoms with Gasteiger partial charge in [-0.05, 0) is 38.5 Å². The first-order chi connectivity index (χ1) is 8.61. The first-order valence-corrected chi connectivity index (χ1v) is 6.33. The van der Waals surface area contributed by atoms with Crippen LogP contribution < -0.4 is 10.1 Å². The van der Waals surface area contributed by atoms with Crippen LogP contribution in [0.1, 0.15) is 31.9 Å². The van der Waals surface area contributed by atoms with Gasteiger partial charge in [-0.15, -0.1) is 0 Å². The van der Waals surface area contributed by atoms with Crippen LogP contribution in [0.25, 0.3) is 0 Å². The molecule has 1 aromatic rings. The summed E-state index contributed by atoms with van der Waals surface area (Å²) in [4.78, 5) is 0. The molecule has 1 aromatic carbocycles. The summed E-state index contributed by atoms with van der Waals surface area (Å²) in [6, 6.07) is 4.95. The number of hydrogen-bond donors (Lipinski definition) is 1. The van der Waals surface area contributed by atoms with Crippen molar-refractivity contribution in [2.45, 2.75) is 38.5 Å². The van der Waals surface area contributed by atoms with E-state index in [9.17, 15) is 4.39 Å². The topological polar surface area (TPSA) is 30.5 Å². The van der Waals surface area contributed by atoms with E-state index in [0.29, 0.717) is 11.8 Å². The van der Waals surface area contributed by atoms with E-state index in [0.717, 1.165) is 18.6 Å². The maximum atomic E-state index is 13.3. The summed E-state index contributed by atoms with van der Waals surface area (Å²) in [5.41, 5.74) is 0.844. The summed E-state index contributed by atoms with van der Waals surface area (Å²) in [5.74, 6) is 0.470. The molecule has 1 aliphatic rings. The quantitative estimate of drug-likeness (QED) is 0.895. The van der Waals surface area contributed by atoms with Gasteiger partial charge in [-0.2, -0.15) is 0 Å². The molecule has 1 heterocycles. The number of rotatable bonds is 4. The van der Waals surface area contributed by atoms with Gasteiger partial charge in [0.15, 0.2) is 0 Å². The van der Waals surface area contributed by atoms with Gasteiger partial charge in [-0.1, -0.05) is 0 Å². The van der Waals surface area contributed by atoms with Gasteiger partial charge in [-0.25, -0.2) is 4.39 Å². The summed E-state index contributed by atoms with van der Waals surface area (Å²) in [7, 11) is 1.60. The Kier molecular flexibility index (Phi) is 4.19. The molecule has 18 heavy (non-hydrogen) atoms. The molecule has 1 fully saturated rings. The Morgan fingerprint density at radius 1 is 1.50 bits per heavy atom. The van der Waals surface area contributed by atoms with Crippen LogP contribution in [0.15, 0.2) is 18.2 Å². The number of nitrogens with one attached hydrogen (secondary N) is 1. The summed E-state index contributed by atoms with van der Waals surface area (Å²) in [6.45, 7) is 4.86. The molecule has 4 heteroatoms. The average molecular weight is 253 g/mol. The van der Waals surface area contributed by atoms with Crippen molar-refractivity contribution in [2.75, 3.05) is 13.7 Å². The second kappa shape index (κ2) is 5.67. The molecule has 1 N–H and O–H groups in total. The minimum atomic E-state index is -0.241. The molecule has 100 valence electrons. The van der Waals surface area contributed by atoms with Crippen LogP contribution >= 0.6 is 0 Å². The molecule has 0 radical (unpaired) electrons. The predicted molar refractivity (Wildman–Crippen MR) is 68.3 cm³/mol. The molecule has 3 atom stereocenters. The van der Waals surface area contributed by atoms with Crippen LogP contribution in [-0.4, -0.2) is 25.9 Å². The fourth-order valence-corrected chi connectivity index (χ4v) is 2.41. The standard InChI is InChI=1S/C14H20FNO2/c1-9(16-13-6-7-18-10(13)2)12-8-11(15)4-5-14(12)17-3/h4-5,8-10,13,16H,6-7H2,1-3H3. The van der Waals surface area contributed by atoms with Crippen molar-refractivity contribution in [3.8, 4) is 5.75 Å². The maximum Gasteiger partial charge on any atom is 0.123 e. The molecule has 3 nitrogen and oxygen atoms in total. The Morgan fingerprint density at radius 3 is 2.89 bits per heavy atom. The molecule has 3 unspecified atom stereocenters. The lowest BCUT2D eigenvalue weighted by atomic mass is 10.0. The fourth-order valence-electron chi connectivity index (χ4n) is 2.41. The van der Waals surface area contributed by atoms with Crippen molar-refractivity contribution in [2.24, 2.45) is 0 Å². The zero-order valence-corrected chi connectivity index (χ0v) is 11.1. The predicted octanol–water partition coefficient (Wildman–Crippen LogP) is 2.66. The summed E-state index contributed by atoms with van der Waals surface area (Å²) >= 11 is 0. The highest BCUT2D eigenvalue weighted by Gasteiger charge is 2.26. The normalized spacial score (nSPS) is 25.1. The first-order valence-electron chi connectivity index (χ1n) is 6.33. The zero-order valence-electron chi connectivity index (χ0n) is 11.1. The highest BCUT2D eigenvalue weighted by molar-refractivity contribution is 5.36. The molecule has 2 rings (SSSR count). The Balaban J connectivity index is 2.12. The van der Waals surface area contributed by atoms with Crippen LogP contribution in [0.2, 0.25) is 0 Å². The van der Waals surface area contributed by atoms with Crippen molar-refractivity contribution in [1.82, 2.24) is 5.32 Å². The molecule has 0 aliphatic carbocycles. The second-order valence-electron chi connectivity index (χ2n) is 4.75. The lowest BCUT2D eigenvalue weighted by molar-refractivity contribution is 0.111. The molecule has 0 saturated carbocycles. The van der Waals surface area contributed by atoms with Gasteiger partial charge < -0.3 is 14.8 Å². The van der Waals surface area contributed by atoms with Crippen molar-refractivity contribution >= 4 is 0 Å². The molecule has 1 saturated heterocycles. The maximum absolute atomic E-state index is 13.3. The fraction of sp³-hybridized carbons (Fsp3) is 0.571. The number of halogens is 1. The molecule has 0 bridgehead atoms. The average Bonchev–Trinajstić information content (AvgIpc) is 2.75. The second-order valence-corrected chi connectivity index (χ2v) is 4.75. The van der Waals surface area contributed by atoms with Crippen molar-refractivity contribution in [3.63, 3.8) is 0 Å². The van der Waals surface area contributed by atoms with Crippen LogP contribution in [0.5, 0.6) is 5.75 Å². The van der Waals surface area contributed by atoms with Crippen LogP contribution in [-0.2, 0) is 4.74 Å². The number of ether oxygens (including phenoxy) is 2. The van der Waals surface area contributed by atoms with E-state index < -0.39 is 0 Å². The Bertz CT molecular complexity index is 411. The highest BCUT2D eigenvalue weighted by atomic mass is 19.1. The van der Waals surface area contributed by atoms with E-state index in [4.69, 9.17) is 9.47 Å². The number of hydrogen-bond acceptors (Lipinski definition) is 3. The lowest BCUT2D eigenvalue weighted by Gasteiger charge is -2.23. The monoisotopic (exact) mass is 253 g/mol. The van der Waals surface area contributed by atoms with Gasteiger partial charge in [0.25, 0.3) is 0 Å². The van der Waals surface area contributed by atoms with E-state index in [1.807, 2.05) is 6.92 Å². The van der Waals surface area contributed by atoms with E-state index >= 15 is 0 Å². The van der Waals surface area contributed by atoms with E-state index in [1.165, 1.54) is 12.1 Å². The highest BCUT2D eigenvalue weighted by Crippen LogP contribution is 2.27. The van der Waals surface area contributed by atoms with Crippen molar-refractivity contribution < 1.29 is 13.9 Å². The van der Waals surface area contributed by atoms with Crippen LogP contribution in [0.3, 0.4) is 0 Å². The summed E-state index contributed by atoms with van der Waals surface area (Å²) in [5, 5.41) is 3.48. The largest absolute Gasteiger partial charge is 0.496 e. The van der Waals surface area contributed by atoms with E-state index in [2.05, 4.69) is 12.2 Å². The first kappa shape index (κ1) is 13.3. The van der Waals surface area contributed by atoms with E-state index in [1.54, 1.807) is 13.2 Å². The molecular formula is C14H20FNO2. The lowest BCUT2D eigenvalue weighted by Crippen LogP contribution is -2.36. The number of methoxy groups -OCH3 is 1. The van der Waals surface area contributed by atoms with E-state index in [-0.39, 0.29) is 18.0 Å². The molecule has 1 aliphatic heterocycles. The van der Waals surface area contributed by atoms with Crippen LogP contribution in [0, 0.1) is 5.82 Å². The summed E-state index contributed by atoms with van der Waals surface area (Å²) in [6.07, 6.45) is 1.19. The van der Waals surface area contributed by atoms with Gasteiger partial charge in [0.1, 0.15) is 11.6 Å². The van der Waals surface area contributed by atoms with Crippen molar-refractivity contribution in [3.05, 3.63) is 29.6 Å². The van der Waals surface area contributed by atoms with Gasteiger partial charge in [0.2, 0.25) is 0 Å². The Labute approximate surface area is 107 Å². The van der Waals surface area contributed by atoms with Gasteiger partial charge in [0.05, 0.1) is 13.2 Å². The summed E-state index contributed by atoms with van der Waals surface area (Å²) < 4.78 is 24.1. The third-order valence-corrected chi connectivity index (χ3v) is 3.50. The van der Waals surface area contributed by atoms with Crippen molar-refractivity contribution in [1.29, 1.82) is 0 Å².